The summed E-state index contributed by atoms with van der Waals surface area (Å²) in [5.41, 5.74) is 0.254. The van der Waals surface area contributed by atoms with Crippen molar-refractivity contribution in [2.75, 3.05) is 12.4 Å². The molecular weight excluding hydrogens is 454 g/mol. The van der Waals surface area contributed by atoms with Gasteiger partial charge in [0.25, 0.3) is 0 Å². The number of nitrogens with one attached hydrogen (secondary N) is 1. The van der Waals surface area contributed by atoms with E-state index in [2.05, 4.69) is 20.2 Å². The van der Waals surface area contributed by atoms with Crippen LogP contribution in [0.2, 0.25) is 0 Å². The van der Waals surface area contributed by atoms with E-state index in [0.717, 1.165) is 23.4 Å². The zero-order valence-corrected chi connectivity index (χ0v) is 17.7. The molecule has 0 unspecified atom stereocenters. The minimum absolute atomic E-state index is 0. The number of alkyl halides is 3. The lowest BCUT2D eigenvalue weighted by molar-refractivity contribution is -0.139. The van der Waals surface area contributed by atoms with Crippen molar-refractivity contribution in [1.82, 2.24) is 19.4 Å². The number of carbonyl (C=O) groups excluding carboxylic acids is 1. The number of hydrogen-bond donors (Lipinski definition) is 1. The molecule has 0 saturated heterocycles. The van der Waals surface area contributed by atoms with Gasteiger partial charge in [-0.25, -0.2) is 19.2 Å². The summed E-state index contributed by atoms with van der Waals surface area (Å²) < 4.78 is 60.3. The summed E-state index contributed by atoms with van der Waals surface area (Å²) in [6.07, 6.45) is -1.99. The van der Waals surface area contributed by atoms with Gasteiger partial charge in [0.2, 0.25) is 5.88 Å². The van der Waals surface area contributed by atoms with E-state index in [0.29, 0.717) is 41.7 Å². The molecule has 0 saturated carbocycles. The Morgan fingerprint density at radius 2 is 1.97 bits per heavy atom. The van der Waals surface area contributed by atoms with Crippen LogP contribution in [0.15, 0.2) is 55.0 Å². The average molecular weight is 473 g/mol. The maximum Gasteiger partial charge on any atom is 0.419 e. The normalized spacial score (nSPS) is 13.8. The first-order valence-corrected chi connectivity index (χ1v) is 10.2. The number of aromatic nitrogens is 3. The van der Waals surface area contributed by atoms with Gasteiger partial charge in [-0.1, -0.05) is 6.07 Å². The Bertz CT molecular complexity index is 1420. The second kappa shape index (κ2) is 8.10. The van der Waals surface area contributed by atoms with E-state index in [1.807, 2.05) is 7.05 Å². The van der Waals surface area contributed by atoms with Gasteiger partial charge in [0, 0.05) is 26.1 Å². The van der Waals surface area contributed by atoms with Crippen molar-refractivity contribution >= 4 is 22.6 Å². The number of amides is 1. The van der Waals surface area contributed by atoms with Crippen LogP contribution in [0.3, 0.4) is 0 Å². The Labute approximate surface area is 192 Å². The number of hydrogen-bond acceptors (Lipinski definition) is 5. The summed E-state index contributed by atoms with van der Waals surface area (Å²) in [7, 11) is 1.97. The Morgan fingerprint density at radius 3 is 2.76 bits per heavy atom. The summed E-state index contributed by atoms with van der Waals surface area (Å²) in [5.74, 6) is -0.602. The maximum absolute atomic E-state index is 14.3. The number of fused-ring (bicyclic) bond motifs is 2. The molecule has 0 atom stereocenters. The lowest BCUT2D eigenvalue weighted by atomic mass is 10.2. The van der Waals surface area contributed by atoms with Crippen molar-refractivity contribution in [3.8, 4) is 11.6 Å². The molecule has 176 valence electrons. The lowest BCUT2D eigenvalue weighted by Crippen LogP contribution is -2.20. The molecule has 0 aliphatic carbocycles. The Morgan fingerprint density at radius 1 is 1.15 bits per heavy atom. The molecule has 0 radical (unpaired) electrons. The summed E-state index contributed by atoms with van der Waals surface area (Å²) in [6.45, 7) is 1.37. The fourth-order valence-electron chi connectivity index (χ4n) is 3.89. The van der Waals surface area contributed by atoms with Crippen molar-refractivity contribution in [2.45, 2.75) is 19.3 Å². The number of ether oxygens (including phenoxy) is 1. The van der Waals surface area contributed by atoms with E-state index < -0.39 is 29.3 Å². The van der Waals surface area contributed by atoms with Crippen LogP contribution >= 0.6 is 0 Å². The number of anilines is 1. The molecular formula is C23H19F4N5O2. The predicted octanol–water partition coefficient (Wildman–Crippen LogP) is 5.65. The van der Waals surface area contributed by atoms with Crippen LogP contribution < -0.4 is 10.1 Å². The fourth-order valence-corrected chi connectivity index (χ4v) is 3.89. The minimum Gasteiger partial charge on any atom is -0.439 e. The van der Waals surface area contributed by atoms with Gasteiger partial charge in [0.1, 0.15) is 12.1 Å². The first kappa shape index (κ1) is 21.8. The lowest BCUT2D eigenvalue weighted by Gasteiger charge is -2.13. The highest BCUT2D eigenvalue weighted by Crippen LogP contribution is 2.34. The zero-order chi connectivity index (χ0) is 24.0. The first-order valence-electron chi connectivity index (χ1n) is 10.2. The monoisotopic (exact) mass is 473 g/mol. The zero-order valence-electron chi connectivity index (χ0n) is 17.7. The fraction of sp³-hybridized carbons (Fsp3) is 0.174. The summed E-state index contributed by atoms with van der Waals surface area (Å²) in [5, 5.41) is 2.84. The van der Waals surface area contributed by atoms with Gasteiger partial charge in [-0.3, -0.25) is 9.47 Å². The molecule has 5 rings (SSSR count). The van der Waals surface area contributed by atoms with E-state index >= 15 is 0 Å². The van der Waals surface area contributed by atoms with Gasteiger partial charge in [0.05, 0.1) is 28.0 Å². The van der Waals surface area contributed by atoms with E-state index in [4.69, 9.17) is 4.74 Å². The molecule has 7 nitrogen and oxygen atoms in total. The molecule has 4 aromatic rings. The number of halogens is 4. The largest absolute Gasteiger partial charge is 0.439 e. The third-order valence-corrected chi connectivity index (χ3v) is 5.48. The van der Waals surface area contributed by atoms with Crippen molar-refractivity contribution in [3.05, 3.63) is 77.6 Å². The highest BCUT2D eigenvalue weighted by molar-refractivity contribution is 5.98. The minimum atomic E-state index is -4.87. The van der Waals surface area contributed by atoms with E-state index in [9.17, 15) is 22.4 Å². The predicted molar refractivity (Wildman–Crippen MR) is 117 cm³/mol. The Hall–Kier alpha value is -3.99. The summed E-state index contributed by atoms with van der Waals surface area (Å²) >= 11 is 0. The standard InChI is InChI=1S/C23H17F4N5O2.H2/c1-31-10-15-18(11-31)28-12-29-21(15)34-14-5-6-19-13(9-14)7-8-32(19)22(33)30-17-4-2-3-16(20(17)24)23(25,26)27;/h2-9,12H,10-11H2,1H3,(H,30,33);1H. The maximum atomic E-state index is 14.3. The Balaban J connectivity index is 0.00000289. The van der Waals surface area contributed by atoms with Crippen LogP contribution in [-0.2, 0) is 19.3 Å². The molecule has 11 heteroatoms. The second-order valence-electron chi connectivity index (χ2n) is 7.88. The van der Waals surface area contributed by atoms with Crippen LogP contribution in [0.4, 0.5) is 28.0 Å². The highest BCUT2D eigenvalue weighted by atomic mass is 19.4. The molecule has 2 aromatic carbocycles. The van der Waals surface area contributed by atoms with Crippen LogP contribution in [0.1, 0.15) is 18.2 Å². The van der Waals surface area contributed by atoms with Crippen LogP contribution in [0.5, 0.6) is 11.6 Å². The quantitative estimate of drug-likeness (QED) is 0.389. The molecule has 1 aliphatic rings. The van der Waals surface area contributed by atoms with Gasteiger partial charge < -0.3 is 10.1 Å². The van der Waals surface area contributed by atoms with E-state index in [1.165, 1.54) is 17.1 Å². The molecule has 1 aliphatic heterocycles. The number of carbonyl (C=O) groups is 1. The number of benzene rings is 2. The van der Waals surface area contributed by atoms with E-state index in [1.54, 1.807) is 24.3 Å². The van der Waals surface area contributed by atoms with Crippen molar-refractivity contribution < 1.29 is 28.5 Å². The van der Waals surface area contributed by atoms with Crippen molar-refractivity contribution in [1.29, 1.82) is 0 Å². The average Bonchev–Trinajstić information content (AvgIpc) is 3.37. The number of nitrogens with zero attached hydrogens (tertiary/aromatic N) is 4. The summed E-state index contributed by atoms with van der Waals surface area (Å²) in [4.78, 5) is 23.3. The first-order chi connectivity index (χ1) is 16.2. The summed E-state index contributed by atoms with van der Waals surface area (Å²) in [6, 6.07) is 8.52. The molecule has 34 heavy (non-hydrogen) atoms. The van der Waals surface area contributed by atoms with Gasteiger partial charge in [-0.05, 0) is 43.4 Å². The molecule has 2 aromatic heterocycles. The Kier molecular flexibility index (Phi) is 5.20. The van der Waals surface area contributed by atoms with Crippen LogP contribution in [0.25, 0.3) is 10.9 Å². The molecule has 1 N–H and O–H groups in total. The van der Waals surface area contributed by atoms with Gasteiger partial charge in [-0.15, -0.1) is 0 Å². The van der Waals surface area contributed by atoms with E-state index in [-0.39, 0.29) is 1.43 Å². The smallest absolute Gasteiger partial charge is 0.419 e. The second-order valence-corrected chi connectivity index (χ2v) is 7.88. The van der Waals surface area contributed by atoms with Crippen molar-refractivity contribution in [3.63, 3.8) is 0 Å². The molecule has 0 bridgehead atoms. The molecule has 0 fully saturated rings. The van der Waals surface area contributed by atoms with Crippen LogP contribution in [0, 0.1) is 5.82 Å². The van der Waals surface area contributed by atoms with Gasteiger partial charge in [0.15, 0.2) is 5.82 Å². The van der Waals surface area contributed by atoms with Crippen molar-refractivity contribution in [2.24, 2.45) is 0 Å². The topological polar surface area (TPSA) is 72.3 Å². The third-order valence-electron chi connectivity index (χ3n) is 5.48. The molecule has 3 heterocycles. The highest BCUT2D eigenvalue weighted by Gasteiger charge is 2.35. The van der Waals surface area contributed by atoms with Gasteiger partial charge >= 0.3 is 12.2 Å². The number of rotatable bonds is 3. The SMILES string of the molecule is CN1Cc2ncnc(Oc3ccc4c(ccn4C(=O)Nc4cccc(C(F)(F)F)c4F)c3)c2C1.[HH]. The van der Waals surface area contributed by atoms with Gasteiger partial charge in [-0.2, -0.15) is 13.2 Å². The molecule has 0 spiro atoms. The molecule has 1 amide bonds. The third kappa shape index (κ3) is 3.94. The van der Waals surface area contributed by atoms with Crippen LogP contribution in [-0.4, -0.2) is 32.5 Å².